The third kappa shape index (κ3) is 3.65. The van der Waals surface area contributed by atoms with Crippen LogP contribution in [-0.4, -0.2) is 30.5 Å². The highest BCUT2D eigenvalue weighted by Gasteiger charge is 2.44. The van der Waals surface area contributed by atoms with Gasteiger partial charge in [0, 0.05) is 12.1 Å². The molecule has 0 fully saturated rings. The van der Waals surface area contributed by atoms with E-state index in [0.29, 0.717) is 29.4 Å². The van der Waals surface area contributed by atoms with Crippen LogP contribution in [0.4, 0.5) is 5.69 Å². The number of hydrogen-bond acceptors (Lipinski definition) is 5. The molecule has 0 aromatic heterocycles. The van der Waals surface area contributed by atoms with E-state index in [2.05, 4.69) is 0 Å². The van der Waals surface area contributed by atoms with Gasteiger partial charge in [0.25, 0.3) is 5.91 Å². The first-order valence-corrected chi connectivity index (χ1v) is 10.0. The van der Waals surface area contributed by atoms with Gasteiger partial charge in [-0.25, -0.2) is 0 Å². The Morgan fingerprint density at radius 3 is 2.40 bits per heavy atom. The number of aliphatic hydroxyl groups is 1. The number of ether oxygens (including phenoxy) is 2. The Bertz CT molecular complexity index is 1020. The molecule has 0 aliphatic carbocycles. The monoisotopic (exact) mass is 409 g/mol. The number of hydrogen-bond donors (Lipinski definition) is 1. The highest BCUT2D eigenvalue weighted by molar-refractivity contribution is 6.16. The van der Waals surface area contributed by atoms with Gasteiger partial charge in [0.15, 0.2) is 23.0 Å². The molecule has 1 N–H and O–H groups in total. The summed E-state index contributed by atoms with van der Waals surface area (Å²) in [5.74, 6) is -0.294. The standard InChI is InChI=1S/C24H27NO5/c1-6-18(26)21-22(16-9-11-19(29-5)20(13-16)30-7-2)25(24(28)23(21)27)17-10-8-14(3)15(4)12-17/h8-13,22,27H,6-7H2,1-5H3. The predicted octanol–water partition coefficient (Wildman–Crippen LogP) is 4.59. The van der Waals surface area contributed by atoms with Crippen LogP contribution in [0.1, 0.15) is 43.0 Å². The molecule has 30 heavy (non-hydrogen) atoms. The molecule has 1 aliphatic heterocycles. The van der Waals surface area contributed by atoms with Crippen molar-refractivity contribution in [1.82, 2.24) is 0 Å². The van der Waals surface area contributed by atoms with Crippen molar-refractivity contribution in [2.24, 2.45) is 0 Å². The Morgan fingerprint density at radius 1 is 1.07 bits per heavy atom. The normalized spacial score (nSPS) is 16.2. The molecule has 2 aromatic carbocycles. The second kappa shape index (κ2) is 8.61. The van der Waals surface area contributed by atoms with Gasteiger partial charge in [-0.1, -0.05) is 19.1 Å². The second-order valence-corrected chi connectivity index (χ2v) is 7.23. The molecule has 6 nitrogen and oxygen atoms in total. The molecule has 0 saturated carbocycles. The summed E-state index contributed by atoms with van der Waals surface area (Å²) < 4.78 is 11.0. The molecule has 0 bridgehead atoms. The Labute approximate surface area is 176 Å². The van der Waals surface area contributed by atoms with Crippen molar-refractivity contribution in [3.8, 4) is 11.5 Å². The fraction of sp³-hybridized carbons (Fsp3) is 0.333. The Kier molecular flexibility index (Phi) is 6.15. The van der Waals surface area contributed by atoms with E-state index in [4.69, 9.17) is 9.47 Å². The maximum Gasteiger partial charge on any atom is 0.294 e. The minimum absolute atomic E-state index is 0.105. The van der Waals surface area contributed by atoms with Crippen molar-refractivity contribution in [3.63, 3.8) is 0 Å². The molecule has 3 rings (SSSR count). The van der Waals surface area contributed by atoms with Crippen LogP contribution < -0.4 is 14.4 Å². The van der Waals surface area contributed by atoms with E-state index in [-0.39, 0.29) is 17.8 Å². The first-order chi connectivity index (χ1) is 14.3. The van der Waals surface area contributed by atoms with E-state index >= 15 is 0 Å². The molecule has 2 aromatic rings. The van der Waals surface area contributed by atoms with Crippen molar-refractivity contribution in [2.45, 2.75) is 40.2 Å². The van der Waals surface area contributed by atoms with Gasteiger partial charge in [-0.3, -0.25) is 14.5 Å². The van der Waals surface area contributed by atoms with E-state index in [1.54, 1.807) is 32.2 Å². The van der Waals surface area contributed by atoms with Crippen LogP contribution in [0, 0.1) is 13.8 Å². The topological polar surface area (TPSA) is 76.1 Å². The van der Waals surface area contributed by atoms with Crippen LogP contribution >= 0.6 is 0 Å². The highest BCUT2D eigenvalue weighted by Crippen LogP contribution is 2.43. The Morgan fingerprint density at radius 2 is 1.80 bits per heavy atom. The van der Waals surface area contributed by atoms with Crippen molar-refractivity contribution in [2.75, 3.05) is 18.6 Å². The summed E-state index contributed by atoms with van der Waals surface area (Å²) >= 11 is 0. The molecule has 1 unspecified atom stereocenters. The number of rotatable bonds is 7. The molecule has 0 spiro atoms. The summed E-state index contributed by atoms with van der Waals surface area (Å²) in [6.45, 7) is 7.96. The number of aryl methyl sites for hydroxylation is 2. The summed E-state index contributed by atoms with van der Waals surface area (Å²) in [6.07, 6.45) is 0.179. The second-order valence-electron chi connectivity index (χ2n) is 7.23. The SMILES string of the molecule is CCOc1cc(C2C(C(=O)CC)=C(O)C(=O)N2c2ccc(C)c(C)c2)ccc1OC. The zero-order valence-electron chi connectivity index (χ0n) is 18.0. The number of methoxy groups -OCH3 is 1. The molecule has 1 atom stereocenters. The van der Waals surface area contributed by atoms with Gasteiger partial charge < -0.3 is 14.6 Å². The predicted molar refractivity (Wildman–Crippen MR) is 115 cm³/mol. The van der Waals surface area contributed by atoms with Gasteiger partial charge in [-0.15, -0.1) is 0 Å². The maximum atomic E-state index is 13.1. The van der Waals surface area contributed by atoms with Gasteiger partial charge in [-0.2, -0.15) is 0 Å². The number of aliphatic hydroxyl groups excluding tert-OH is 1. The fourth-order valence-corrected chi connectivity index (χ4v) is 3.67. The summed E-state index contributed by atoms with van der Waals surface area (Å²) in [5, 5.41) is 10.6. The van der Waals surface area contributed by atoms with E-state index in [1.165, 1.54) is 4.90 Å². The lowest BCUT2D eigenvalue weighted by molar-refractivity contribution is -0.118. The fourth-order valence-electron chi connectivity index (χ4n) is 3.67. The molecule has 0 radical (unpaired) electrons. The number of carbonyl (C=O) groups excluding carboxylic acids is 2. The van der Waals surface area contributed by atoms with Gasteiger partial charge in [0.1, 0.15) is 0 Å². The number of Topliss-reactive ketones (excluding diaryl/α,β-unsaturated/α-hetero) is 1. The lowest BCUT2D eigenvalue weighted by Crippen LogP contribution is -2.31. The zero-order valence-corrected chi connectivity index (χ0v) is 18.0. The van der Waals surface area contributed by atoms with E-state index in [1.807, 2.05) is 39.0 Å². The first kappa shape index (κ1) is 21.4. The number of amides is 1. The number of ketones is 1. The van der Waals surface area contributed by atoms with Crippen LogP contribution in [0.2, 0.25) is 0 Å². The summed E-state index contributed by atoms with van der Waals surface area (Å²) in [5.41, 5.74) is 3.48. The Balaban J connectivity index is 2.21. The average Bonchev–Trinajstić information content (AvgIpc) is 3.00. The summed E-state index contributed by atoms with van der Waals surface area (Å²) in [7, 11) is 1.55. The third-order valence-electron chi connectivity index (χ3n) is 5.40. The minimum atomic E-state index is -0.753. The van der Waals surface area contributed by atoms with Crippen LogP contribution in [0.15, 0.2) is 47.7 Å². The molecule has 6 heteroatoms. The lowest BCUT2D eigenvalue weighted by atomic mass is 9.94. The highest BCUT2D eigenvalue weighted by atomic mass is 16.5. The number of nitrogens with zero attached hydrogens (tertiary/aromatic N) is 1. The summed E-state index contributed by atoms with van der Waals surface area (Å²) in [6, 6.07) is 10.2. The number of anilines is 1. The maximum absolute atomic E-state index is 13.1. The lowest BCUT2D eigenvalue weighted by Gasteiger charge is -2.28. The molecule has 0 saturated heterocycles. The molecule has 1 heterocycles. The quantitative estimate of drug-likeness (QED) is 0.724. The number of benzene rings is 2. The largest absolute Gasteiger partial charge is 0.503 e. The van der Waals surface area contributed by atoms with Gasteiger partial charge >= 0.3 is 0 Å². The molecular formula is C24H27NO5. The molecule has 1 amide bonds. The van der Waals surface area contributed by atoms with Gasteiger partial charge in [-0.05, 0) is 61.7 Å². The first-order valence-electron chi connectivity index (χ1n) is 10.0. The third-order valence-corrected chi connectivity index (χ3v) is 5.40. The van der Waals surface area contributed by atoms with E-state index < -0.39 is 17.7 Å². The average molecular weight is 409 g/mol. The van der Waals surface area contributed by atoms with E-state index in [0.717, 1.165) is 11.1 Å². The van der Waals surface area contributed by atoms with Crippen molar-refractivity contribution in [1.29, 1.82) is 0 Å². The smallest absolute Gasteiger partial charge is 0.294 e. The van der Waals surface area contributed by atoms with Crippen LogP contribution in [-0.2, 0) is 9.59 Å². The minimum Gasteiger partial charge on any atom is -0.503 e. The van der Waals surface area contributed by atoms with E-state index in [9.17, 15) is 14.7 Å². The molecule has 1 aliphatic rings. The van der Waals surface area contributed by atoms with Crippen LogP contribution in [0.25, 0.3) is 0 Å². The van der Waals surface area contributed by atoms with Crippen molar-refractivity contribution in [3.05, 3.63) is 64.4 Å². The Hall–Kier alpha value is -3.28. The van der Waals surface area contributed by atoms with Crippen molar-refractivity contribution >= 4 is 17.4 Å². The van der Waals surface area contributed by atoms with Crippen LogP contribution in [0.5, 0.6) is 11.5 Å². The molecular weight excluding hydrogens is 382 g/mol. The van der Waals surface area contributed by atoms with Gasteiger partial charge in [0.05, 0.1) is 25.3 Å². The summed E-state index contributed by atoms with van der Waals surface area (Å²) in [4.78, 5) is 27.3. The van der Waals surface area contributed by atoms with Crippen LogP contribution in [0.3, 0.4) is 0 Å². The molecule has 158 valence electrons. The number of carbonyl (C=O) groups is 2. The van der Waals surface area contributed by atoms with Crippen molar-refractivity contribution < 1.29 is 24.2 Å². The van der Waals surface area contributed by atoms with Gasteiger partial charge in [0.2, 0.25) is 0 Å². The zero-order chi connectivity index (χ0) is 22.0.